The largest absolute Gasteiger partial charge is 0.350 e. The monoisotopic (exact) mass is 291 g/mol. The van der Waals surface area contributed by atoms with Crippen molar-refractivity contribution >= 4 is 16.0 Å². The molecule has 2 heterocycles. The Bertz CT molecular complexity index is 486. The van der Waals surface area contributed by atoms with Gasteiger partial charge in [0.05, 0.1) is 12.4 Å². The molecule has 2 aliphatic heterocycles. The molecule has 0 saturated carbocycles. The number of carbonyl (C=O) groups is 1. The van der Waals surface area contributed by atoms with Crippen LogP contribution in [0.2, 0.25) is 0 Å². The molecule has 2 saturated heterocycles. The fourth-order valence-corrected chi connectivity index (χ4v) is 3.79. The summed E-state index contributed by atoms with van der Waals surface area (Å²) in [4.78, 5) is 13.4. The first-order chi connectivity index (χ1) is 8.53. The number of hydrogen-bond acceptors (Lipinski definition) is 5. The van der Waals surface area contributed by atoms with Crippen molar-refractivity contribution < 1.29 is 22.1 Å². The van der Waals surface area contributed by atoms with E-state index >= 15 is 0 Å². The molecule has 6 nitrogen and oxygen atoms in total. The van der Waals surface area contributed by atoms with E-state index in [1.54, 1.807) is 11.8 Å². The van der Waals surface area contributed by atoms with Gasteiger partial charge in [-0.1, -0.05) is 6.92 Å². The van der Waals surface area contributed by atoms with Gasteiger partial charge in [0.15, 0.2) is 0 Å². The number of β-lactam (4-membered cyclic amide) rings is 1. The summed E-state index contributed by atoms with van der Waals surface area (Å²) in [5.41, 5.74) is -0.716. The third-order valence-corrected chi connectivity index (χ3v) is 4.56. The van der Waals surface area contributed by atoms with Crippen LogP contribution in [-0.2, 0) is 23.8 Å². The Hall–Kier alpha value is -0.660. The Labute approximate surface area is 114 Å². The van der Waals surface area contributed by atoms with E-state index in [1.165, 1.54) is 0 Å². The molecule has 0 aliphatic carbocycles. The highest BCUT2D eigenvalue weighted by Crippen LogP contribution is 2.43. The molecule has 4 atom stereocenters. The first-order valence-corrected chi connectivity index (χ1v) is 8.23. The summed E-state index contributed by atoms with van der Waals surface area (Å²) in [6.07, 6.45) is 0.610. The summed E-state index contributed by atoms with van der Waals surface area (Å²) >= 11 is 0. The van der Waals surface area contributed by atoms with Crippen molar-refractivity contribution in [3.8, 4) is 0 Å². The maximum Gasteiger partial charge on any atom is 0.264 e. The molecule has 1 amide bonds. The molecule has 2 rings (SSSR count). The van der Waals surface area contributed by atoms with E-state index in [0.717, 1.165) is 6.26 Å². The predicted octanol–water partition coefficient (Wildman–Crippen LogP) is 0.723. The summed E-state index contributed by atoms with van der Waals surface area (Å²) < 4.78 is 33.4. The lowest BCUT2D eigenvalue weighted by Gasteiger charge is -2.59. The fraction of sp³-hybridized carbons (Fsp3) is 0.917. The summed E-state index contributed by atoms with van der Waals surface area (Å²) in [5, 5.41) is 0. The van der Waals surface area contributed by atoms with Gasteiger partial charge in [0, 0.05) is 18.4 Å². The zero-order chi connectivity index (χ0) is 14.6. The van der Waals surface area contributed by atoms with Gasteiger partial charge in [-0.25, -0.2) is 0 Å². The quantitative estimate of drug-likeness (QED) is 0.566. The molecule has 4 unspecified atom stereocenters. The van der Waals surface area contributed by atoms with Crippen molar-refractivity contribution in [2.75, 3.05) is 6.26 Å². The van der Waals surface area contributed by atoms with E-state index in [0.29, 0.717) is 6.42 Å². The third-order valence-electron chi connectivity index (χ3n) is 3.90. The van der Waals surface area contributed by atoms with Crippen LogP contribution in [0.1, 0.15) is 34.1 Å². The summed E-state index contributed by atoms with van der Waals surface area (Å²) in [6.45, 7) is 7.30. The van der Waals surface area contributed by atoms with Gasteiger partial charge in [-0.15, -0.1) is 0 Å². The highest BCUT2D eigenvalue weighted by molar-refractivity contribution is 7.86. The average Bonchev–Trinajstić information content (AvgIpc) is 2.16. The summed E-state index contributed by atoms with van der Waals surface area (Å²) in [7, 11) is -3.52. The minimum Gasteiger partial charge on any atom is -0.350 e. The number of fused-ring (bicyclic) bond motifs is 1. The second kappa shape index (κ2) is 4.43. The number of nitrogens with zero attached hydrogens (tertiary/aromatic N) is 1. The van der Waals surface area contributed by atoms with Gasteiger partial charge in [0.25, 0.3) is 10.1 Å². The lowest BCUT2D eigenvalue weighted by Crippen LogP contribution is -2.72. The van der Waals surface area contributed by atoms with Crippen molar-refractivity contribution in [2.24, 2.45) is 5.92 Å². The zero-order valence-electron chi connectivity index (χ0n) is 11.9. The molecular formula is C12H21NO5S. The molecule has 0 N–H and O–H groups in total. The van der Waals surface area contributed by atoms with Crippen LogP contribution in [0.5, 0.6) is 0 Å². The second-order valence-electron chi connectivity index (χ2n) is 5.93. The van der Waals surface area contributed by atoms with Gasteiger partial charge < -0.3 is 9.64 Å². The Balaban J connectivity index is 2.17. The smallest absolute Gasteiger partial charge is 0.264 e. The van der Waals surface area contributed by atoms with Crippen molar-refractivity contribution in [1.82, 2.24) is 4.90 Å². The molecule has 19 heavy (non-hydrogen) atoms. The average molecular weight is 291 g/mol. The normalized spacial score (nSPS) is 35.5. The van der Waals surface area contributed by atoms with Crippen molar-refractivity contribution in [2.45, 2.75) is 58.1 Å². The van der Waals surface area contributed by atoms with Gasteiger partial charge in [-0.3, -0.25) is 8.98 Å². The van der Waals surface area contributed by atoms with E-state index in [2.05, 4.69) is 0 Å². The van der Waals surface area contributed by atoms with E-state index in [9.17, 15) is 13.2 Å². The van der Waals surface area contributed by atoms with E-state index < -0.39 is 21.9 Å². The Kier molecular flexibility index (Phi) is 3.43. The Morgan fingerprint density at radius 3 is 2.53 bits per heavy atom. The summed E-state index contributed by atoms with van der Waals surface area (Å²) in [6, 6.07) is 0.104. The van der Waals surface area contributed by atoms with Gasteiger partial charge in [0.1, 0.15) is 11.8 Å². The number of rotatable bonds is 3. The van der Waals surface area contributed by atoms with Gasteiger partial charge in [0.2, 0.25) is 5.91 Å². The maximum atomic E-state index is 11.7. The van der Waals surface area contributed by atoms with Crippen LogP contribution in [0, 0.1) is 5.92 Å². The first kappa shape index (κ1) is 14.7. The van der Waals surface area contributed by atoms with Crippen LogP contribution in [0.4, 0.5) is 0 Å². The lowest BCUT2D eigenvalue weighted by atomic mass is 9.80. The molecular weight excluding hydrogens is 270 g/mol. The lowest BCUT2D eigenvalue weighted by molar-refractivity contribution is -0.271. The minimum atomic E-state index is -3.52. The molecule has 0 bridgehead atoms. The fourth-order valence-electron chi connectivity index (χ4n) is 3.13. The van der Waals surface area contributed by atoms with Crippen LogP contribution in [0.25, 0.3) is 0 Å². The molecule has 2 fully saturated rings. The van der Waals surface area contributed by atoms with Crippen LogP contribution in [0.15, 0.2) is 0 Å². The number of hydrogen-bond donors (Lipinski definition) is 0. The number of ether oxygens (including phenoxy) is 1. The Morgan fingerprint density at radius 1 is 1.47 bits per heavy atom. The van der Waals surface area contributed by atoms with E-state index in [-0.39, 0.29) is 24.0 Å². The molecule has 110 valence electrons. The number of carbonyl (C=O) groups excluding carboxylic acids is 1. The summed E-state index contributed by atoms with van der Waals surface area (Å²) in [5.74, 6) is 0.124. The highest BCUT2D eigenvalue weighted by Gasteiger charge is 2.56. The highest BCUT2D eigenvalue weighted by atomic mass is 32.2. The van der Waals surface area contributed by atoms with E-state index in [1.807, 2.05) is 20.8 Å². The predicted molar refractivity (Wildman–Crippen MR) is 68.8 cm³/mol. The van der Waals surface area contributed by atoms with Gasteiger partial charge in [-0.05, 0) is 20.8 Å². The number of amides is 1. The maximum absolute atomic E-state index is 11.7. The second-order valence-corrected chi connectivity index (χ2v) is 7.53. The third kappa shape index (κ3) is 2.64. The van der Waals surface area contributed by atoms with Crippen LogP contribution in [-0.4, -0.2) is 49.5 Å². The van der Waals surface area contributed by atoms with Crippen molar-refractivity contribution in [3.63, 3.8) is 0 Å². The SMILES string of the molecule is CC(OS(C)(=O)=O)C1OC(C)(C)N2C(=O)CC2C1C. The Morgan fingerprint density at radius 2 is 2.05 bits per heavy atom. The topological polar surface area (TPSA) is 72.9 Å². The zero-order valence-corrected chi connectivity index (χ0v) is 12.7. The van der Waals surface area contributed by atoms with Crippen LogP contribution < -0.4 is 0 Å². The van der Waals surface area contributed by atoms with Crippen LogP contribution in [0.3, 0.4) is 0 Å². The minimum absolute atomic E-state index is 0.0440. The molecule has 0 aromatic carbocycles. The van der Waals surface area contributed by atoms with Gasteiger partial charge in [-0.2, -0.15) is 8.42 Å². The standard InChI is InChI=1S/C12H21NO5S/c1-7-9-6-10(14)13(9)12(3,4)17-11(7)8(2)18-19(5,15)16/h7-9,11H,6H2,1-5H3. The van der Waals surface area contributed by atoms with Crippen molar-refractivity contribution in [3.05, 3.63) is 0 Å². The molecule has 7 heteroatoms. The van der Waals surface area contributed by atoms with Crippen molar-refractivity contribution in [1.29, 1.82) is 0 Å². The molecule has 0 aromatic heterocycles. The molecule has 0 spiro atoms. The van der Waals surface area contributed by atoms with Gasteiger partial charge >= 0.3 is 0 Å². The van der Waals surface area contributed by atoms with E-state index in [4.69, 9.17) is 8.92 Å². The van der Waals surface area contributed by atoms with Crippen LogP contribution >= 0.6 is 0 Å². The molecule has 0 radical (unpaired) electrons. The molecule has 0 aromatic rings. The molecule has 2 aliphatic rings. The first-order valence-electron chi connectivity index (χ1n) is 6.41.